The Morgan fingerprint density at radius 1 is 1.67 bits per heavy atom. The Bertz CT molecular complexity index is 247. The first-order valence-electron chi connectivity index (χ1n) is 3.22. The van der Waals surface area contributed by atoms with Crippen LogP contribution in [0.25, 0.3) is 0 Å². The van der Waals surface area contributed by atoms with Gasteiger partial charge < -0.3 is 10.8 Å². The van der Waals surface area contributed by atoms with E-state index in [9.17, 15) is 0 Å². The first kappa shape index (κ1) is 11.8. The minimum absolute atomic E-state index is 0. The lowest BCUT2D eigenvalue weighted by Gasteiger charge is -2.08. The fraction of sp³-hybridized carbons (Fsp3) is 0.286. The molecule has 5 heteroatoms. The van der Waals surface area contributed by atoms with Gasteiger partial charge in [-0.3, -0.25) is 0 Å². The molecule has 12 heavy (non-hydrogen) atoms. The van der Waals surface area contributed by atoms with Crippen LogP contribution in [0.1, 0.15) is 11.6 Å². The maximum Gasteiger partial charge on any atom is 0.110 e. The number of nitrogens with two attached hydrogens (primary N) is 1. The molecule has 0 saturated heterocycles. The Balaban J connectivity index is 0.00000121. The number of pyridine rings is 1. The number of halogens is 2. The van der Waals surface area contributed by atoms with Gasteiger partial charge in [0.25, 0.3) is 0 Å². The van der Waals surface area contributed by atoms with Crippen LogP contribution in [0, 0.1) is 0 Å². The van der Waals surface area contributed by atoms with E-state index in [4.69, 9.17) is 10.8 Å². The predicted octanol–water partition coefficient (Wildman–Crippen LogP) is 1.26. The average molecular weight is 254 g/mol. The van der Waals surface area contributed by atoms with Gasteiger partial charge in [0.15, 0.2) is 0 Å². The van der Waals surface area contributed by atoms with E-state index in [0.29, 0.717) is 4.60 Å². The van der Waals surface area contributed by atoms with Crippen LogP contribution in [0.5, 0.6) is 0 Å². The van der Waals surface area contributed by atoms with Gasteiger partial charge >= 0.3 is 0 Å². The van der Waals surface area contributed by atoms with Crippen LogP contribution in [-0.2, 0) is 0 Å². The van der Waals surface area contributed by atoms with Gasteiger partial charge in [-0.15, -0.1) is 12.4 Å². The third-order valence-corrected chi connectivity index (χ3v) is 2.05. The second-order valence-corrected chi connectivity index (χ2v) is 2.92. The number of aromatic nitrogens is 1. The van der Waals surface area contributed by atoms with Gasteiger partial charge in [0.05, 0.1) is 12.6 Å². The monoisotopic (exact) mass is 252 g/mol. The molecule has 68 valence electrons. The normalized spacial score (nSPS) is 11.9. The third kappa shape index (κ3) is 2.71. The lowest BCUT2D eigenvalue weighted by atomic mass is 10.1. The molecular formula is C7H10BrClN2O. The Morgan fingerprint density at radius 2 is 2.33 bits per heavy atom. The van der Waals surface area contributed by atoms with Crippen molar-refractivity contribution in [1.29, 1.82) is 0 Å². The van der Waals surface area contributed by atoms with Gasteiger partial charge in [0.1, 0.15) is 4.60 Å². The van der Waals surface area contributed by atoms with Gasteiger partial charge in [0, 0.05) is 11.8 Å². The van der Waals surface area contributed by atoms with Crippen LogP contribution in [0.2, 0.25) is 0 Å². The molecule has 0 unspecified atom stereocenters. The highest BCUT2D eigenvalue weighted by Crippen LogP contribution is 2.18. The van der Waals surface area contributed by atoms with E-state index >= 15 is 0 Å². The minimum Gasteiger partial charge on any atom is -0.394 e. The predicted molar refractivity (Wildman–Crippen MR) is 53.2 cm³/mol. The zero-order valence-corrected chi connectivity index (χ0v) is 8.68. The van der Waals surface area contributed by atoms with E-state index in [1.54, 1.807) is 12.3 Å². The maximum absolute atomic E-state index is 8.74. The molecule has 0 aromatic carbocycles. The van der Waals surface area contributed by atoms with E-state index in [1.165, 1.54) is 0 Å². The van der Waals surface area contributed by atoms with Gasteiger partial charge in [-0.2, -0.15) is 0 Å². The minimum atomic E-state index is -0.349. The fourth-order valence-electron chi connectivity index (χ4n) is 0.773. The van der Waals surface area contributed by atoms with Crippen molar-refractivity contribution in [3.8, 4) is 0 Å². The van der Waals surface area contributed by atoms with Crippen molar-refractivity contribution in [3.63, 3.8) is 0 Å². The SMILES string of the molecule is Cl.N[C@H](CO)c1cccnc1Br. The lowest BCUT2D eigenvalue weighted by Crippen LogP contribution is -2.15. The highest BCUT2D eigenvalue weighted by Gasteiger charge is 2.07. The van der Waals surface area contributed by atoms with Crippen LogP contribution in [0.4, 0.5) is 0 Å². The summed E-state index contributed by atoms with van der Waals surface area (Å²) in [6.07, 6.45) is 1.66. The maximum atomic E-state index is 8.74. The fourth-order valence-corrected chi connectivity index (χ4v) is 1.32. The van der Waals surface area contributed by atoms with Gasteiger partial charge in [0.2, 0.25) is 0 Å². The second kappa shape index (κ2) is 5.48. The summed E-state index contributed by atoms with van der Waals surface area (Å²) >= 11 is 3.24. The summed E-state index contributed by atoms with van der Waals surface area (Å²) in [7, 11) is 0. The van der Waals surface area contributed by atoms with Crippen molar-refractivity contribution in [3.05, 3.63) is 28.5 Å². The quantitative estimate of drug-likeness (QED) is 0.780. The molecule has 0 aliphatic rings. The molecule has 1 aromatic rings. The van der Waals surface area contributed by atoms with E-state index in [0.717, 1.165) is 5.56 Å². The molecule has 0 radical (unpaired) electrons. The Labute approximate surface area is 85.5 Å². The van der Waals surface area contributed by atoms with Crippen LogP contribution in [0.15, 0.2) is 22.9 Å². The standard InChI is InChI=1S/C7H9BrN2O.ClH/c8-7-5(6(9)4-11)2-1-3-10-7;/h1-3,6,11H,4,9H2;1H/t6-;/m1./s1. The summed E-state index contributed by atoms with van der Waals surface area (Å²) in [6, 6.07) is 3.27. The van der Waals surface area contributed by atoms with E-state index < -0.39 is 0 Å². The summed E-state index contributed by atoms with van der Waals surface area (Å²) < 4.78 is 0.696. The molecule has 0 aliphatic carbocycles. The number of rotatable bonds is 2. The molecule has 1 heterocycles. The first-order valence-corrected chi connectivity index (χ1v) is 4.02. The smallest absolute Gasteiger partial charge is 0.110 e. The van der Waals surface area contributed by atoms with Crippen molar-refractivity contribution < 1.29 is 5.11 Å². The zero-order chi connectivity index (χ0) is 8.27. The molecule has 0 aliphatic heterocycles. The van der Waals surface area contributed by atoms with Crippen molar-refractivity contribution in [2.24, 2.45) is 5.73 Å². The summed E-state index contributed by atoms with van der Waals surface area (Å²) in [5.74, 6) is 0. The molecule has 0 amide bonds. The molecule has 1 rings (SSSR count). The average Bonchev–Trinajstić information content (AvgIpc) is 2.04. The highest BCUT2D eigenvalue weighted by atomic mass is 79.9. The number of hydrogen-bond donors (Lipinski definition) is 2. The molecule has 0 bridgehead atoms. The summed E-state index contributed by atoms with van der Waals surface area (Å²) in [5.41, 5.74) is 6.40. The van der Waals surface area contributed by atoms with E-state index in [1.807, 2.05) is 6.07 Å². The van der Waals surface area contributed by atoms with Crippen LogP contribution in [-0.4, -0.2) is 16.7 Å². The summed E-state index contributed by atoms with van der Waals surface area (Å²) in [5, 5.41) is 8.74. The molecular weight excluding hydrogens is 243 g/mol. The van der Waals surface area contributed by atoms with Crippen molar-refractivity contribution in [2.45, 2.75) is 6.04 Å². The van der Waals surface area contributed by atoms with Gasteiger partial charge in [-0.1, -0.05) is 6.07 Å². The van der Waals surface area contributed by atoms with E-state index in [-0.39, 0.29) is 25.1 Å². The molecule has 0 saturated carbocycles. The number of aliphatic hydroxyl groups excluding tert-OH is 1. The molecule has 1 aromatic heterocycles. The topological polar surface area (TPSA) is 59.1 Å². The lowest BCUT2D eigenvalue weighted by molar-refractivity contribution is 0.267. The van der Waals surface area contributed by atoms with Crippen molar-refractivity contribution >= 4 is 28.3 Å². The van der Waals surface area contributed by atoms with Crippen LogP contribution >= 0.6 is 28.3 Å². The summed E-state index contributed by atoms with van der Waals surface area (Å²) in [4.78, 5) is 3.97. The highest BCUT2D eigenvalue weighted by molar-refractivity contribution is 9.10. The number of hydrogen-bond acceptors (Lipinski definition) is 3. The Kier molecular flexibility index (Phi) is 5.41. The third-order valence-electron chi connectivity index (χ3n) is 1.38. The largest absolute Gasteiger partial charge is 0.394 e. The molecule has 3 nitrogen and oxygen atoms in total. The second-order valence-electron chi connectivity index (χ2n) is 2.17. The molecule has 0 fully saturated rings. The van der Waals surface area contributed by atoms with Gasteiger partial charge in [-0.25, -0.2) is 4.98 Å². The Morgan fingerprint density at radius 3 is 2.83 bits per heavy atom. The molecule has 1 atom stereocenters. The van der Waals surface area contributed by atoms with Gasteiger partial charge in [-0.05, 0) is 22.0 Å². The van der Waals surface area contributed by atoms with Crippen molar-refractivity contribution in [2.75, 3.05) is 6.61 Å². The molecule has 0 spiro atoms. The zero-order valence-electron chi connectivity index (χ0n) is 6.27. The number of aliphatic hydroxyl groups is 1. The summed E-state index contributed by atoms with van der Waals surface area (Å²) in [6.45, 7) is -0.0652. The van der Waals surface area contributed by atoms with Crippen LogP contribution < -0.4 is 5.73 Å². The van der Waals surface area contributed by atoms with E-state index in [2.05, 4.69) is 20.9 Å². The van der Waals surface area contributed by atoms with Crippen LogP contribution in [0.3, 0.4) is 0 Å². The number of nitrogens with zero attached hydrogens (tertiary/aromatic N) is 1. The molecule has 3 N–H and O–H groups in total. The van der Waals surface area contributed by atoms with Crippen molar-refractivity contribution in [1.82, 2.24) is 4.98 Å². The Hall–Kier alpha value is -0.160. The first-order chi connectivity index (χ1) is 5.25.